The number of nitrogens with zero attached hydrogens (tertiary/aromatic N) is 1. The Morgan fingerprint density at radius 2 is 2.04 bits per heavy atom. The van der Waals surface area contributed by atoms with Crippen molar-refractivity contribution in [3.63, 3.8) is 0 Å². The molecule has 6 nitrogen and oxygen atoms in total. The second-order valence-corrected chi connectivity index (χ2v) is 7.82. The normalized spacial score (nSPS) is 17.5. The van der Waals surface area contributed by atoms with Crippen LogP contribution >= 0.6 is 0 Å². The van der Waals surface area contributed by atoms with Gasteiger partial charge in [0.05, 0.1) is 6.61 Å². The second kappa shape index (κ2) is 11.1. The molecule has 2 rings (SSSR count). The van der Waals surface area contributed by atoms with E-state index in [1.807, 2.05) is 57.2 Å². The molecule has 1 atom stereocenters. The van der Waals surface area contributed by atoms with Crippen LogP contribution in [0.5, 0.6) is 5.75 Å². The molecule has 1 unspecified atom stereocenters. The fraction of sp³-hybridized carbons (Fsp3) is 0.591. The number of amides is 1. The maximum atomic E-state index is 12.0. The van der Waals surface area contributed by atoms with E-state index in [1.54, 1.807) is 7.05 Å². The Morgan fingerprint density at radius 3 is 2.75 bits per heavy atom. The average Bonchev–Trinajstić information content (AvgIpc) is 2.65. The van der Waals surface area contributed by atoms with Crippen LogP contribution in [0.1, 0.15) is 45.6 Å². The van der Waals surface area contributed by atoms with Crippen LogP contribution in [0.4, 0.5) is 4.79 Å². The summed E-state index contributed by atoms with van der Waals surface area (Å²) in [4.78, 5) is 13.5. The summed E-state index contributed by atoms with van der Waals surface area (Å²) in [5, 5.41) is 0. The van der Waals surface area contributed by atoms with Gasteiger partial charge in [-0.3, -0.25) is 0 Å². The molecular weight excluding hydrogens is 358 g/mol. The lowest BCUT2D eigenvalue weighted by Gasteiger charge is -2.23. The van der Waals surface area contributed by atoms with Gasteiger partial charge in [-0.1, -0.05) is 30.4 Å². The van der Waals surface area contributed by atoms with Crippen LogP contribution in [0.2, 0.25) is 0 Å². The molecule has 1 aliphatic heterocycles. The van der Waals surface area contributed by atoms with Gasteiger partial charge >= 0.3 is 6.09 Å². The van der Waals surface area contributed by atoms with Crippen LogP contribution in [0.15, 0.2) is 30.3 Å². The summed E-state index contributed by atoms with van der Waals surface area (Å²) in [7, 11) is 1.71. The van der Waals surface area contributed by atoms with E-state index in [9.17, 15) is 4.79 Å². The van der Waals surface area contributed by atoms with Gasteiger partial charge in [0.1, 0.15) is 18.0 Å². The summed E-state index contributed by atoms with van der Waals surface area (Å²) in [6.45, 7) is 7.74. The quantitative estimate of drug-likeness (QED) is 0.611. The molecule has 156 valence electrons. The van der Waals surface area contributed by atoms with Gasteiger partial charge in [-0.2, -0.15) is 0 Å². The maximum Gasteiger partial charge on any atom is 0.410 e. The molecular formula is C22H33NO5. The lowest BCUT2D eigenvalue weighted by Crippen LogP contribution is -2.34. The first-order valence-corrected chi connectivity index (χ1v) is 9.91. The predicted octanol–water partition coefficient (Wildman–Crippen LogP) is 4.49. The molecule has 1 aromatic rings. The third-order valence-electron chi connectivity index (χ3n) is 4.08. The summed E-state index contributed by atoms with van der Waals surface area (Å²) < 4.78 is 22.5. The molecule has 1 heterocycles. The van der Waals surface area contributed by atoms with Gasteiger partial charge in [0.15, 0.2) is 6.29 Å². The Hall–Kier alpha value is -2.05. The highest BCUT2D eigenvalue weighted by Gasteiger charge is 2.18. The van der Waals surface area contributed by atoms with Crippen LogP contribution in [-0.4, -0.2) is 56.3 Å². The van der Waals surface area contributed by atoms with Crippen molar-refractivity contribution in [2.24, 2.45) is 0 Å². The van der Waals surface area contributed by atoms with Gasteiger partial charge in [-0.15, -0.1) is 0 Å². The zero-order valence-corrected chi connectivity index (χ0v) is 17.5. The molecule has 1 aromatic carbocycles. The lowest BCUT2D eigenvalue weighted by atomic mass is 10.2. The van der Waals surface area contributed by atoms with Crippen LogP contribution in [-0.2, 0) is 14.2 Å². The van der Waals surface area contributed by atoms with E-state index in [-0.39, 0.29) is 12.4 Å². The number of rotatable bonds is 8. The Kier molecular flexibility index (Phi) is 8.80. The molecule has 0 radical (unpaired) electrons. The first-order valence-electron chi connectivity index (χ1n) is 9.91. The maximum absolute atomic E-state index is 12.0. The molecule has 0 N–H and O–H groups in total. The van der Waals surface area contributed by atoms with Crippen LogP contribution in [0, 0.1) is 0 Å². The number of carbonyl (C=O) groups is 1. The van der Waals surface area contributed by atoms with Crippen molar-refractivity contribution >= 4 is 12.2 Å². The van der Waals surface area contributed by atoms with Gasteiger partial charge in [0.2, 0.25) is 0 Å². The first-order chi connectivity index (χ1) is 13.3. The van der Waals surface area contributed by atoms with Crippen molar-refractivity contribution in [3.05, 3.63) is 35.9 Å². The van der Waals surface area contributed by atoms with E-state index in [4.69, 9.17) is 18.9 Å². The van der Waals surface area contributed by atoms with Crippen LogP contribution in [0.25, 0.3) is 6.08 Å². The Bertz CT molecular complexity index is 632. The third-order valence-corrected chi connectivity index (χ3v) is 4.08. The molecule has 1 aliphatic rings. The smallest absolute Gasteiger partial charge is 0.410 e. The minimum absolute atomic E-state index is 0.101. The molecule has 0 bridgehead atoms. The Balaban J connectivity index is 1.78. The number of benzene rings is 1. The fourth-order valence-corrected chi connectivity index (χ4v) is 2.68. The standard InChI is InChI=1S/C22H33NO5/c1-22(2,3)28-21(24)23(4)14-9-11-18-10-5-6-12-19(18)25-16-17-27-20-13-7-8-15-26-20/h5-6,9-12,20H,7-8,13-17H2,1-4H3/b11-9+. The highest BCUT2D eigenvalue weighted by atomic mass is 16.7. The zero-order valence-electron chi connectivity index (χ0n) is 17.5. The van der Waals surface area contributed by atoms with Gasteiger partial charge in [-0.25, -0.2) is 4.79 Å². The average molecular weight is 392 g/mol. The highest BCUT2D eigenvalue weighted by molar-refractivity contribution is 5.68. The van der Waals surface area contributed by atoms with E-state index in [1.165, 1.54) is 4.90 Å². The van der Waals surface area contributed by atoms with Gasteiger partial charge in [0.25, 0.3) is 0 Å². The third kappa shape index (κ3) is 8.31. The number of hydrogen-bond donors (Lipinski definition) is 0. The van der Waals surface area contributed by atoms with E-state index < -0.39 is 5.60 Å². The number of carbonyl (C=O) groups excluding carboxylic acids is 1. The second-order valence-electron chi connectivity index (χ2n) is 7.82. The zero-order chi connectivity index (χ0) is 20.4. The summed E-state index contributed by atoms with van der Waals surface area (Å²) in [6, 6.07) is 7.79. The van der Waals surface area contributed by atoms with Crippen molar-refractivity contribution in [2.75, 3.05) is 33.4 Å². The highest BCUT2D eigenvalue weighted by Crippen LogP contribution is 2.20. The summed E-state index contributed by atoms with van der Waals surface area (Å²) in [6.07, 6.45) is 6.63. The largest absolute Gasteiger partial charge is 0.491 e. The monoisotopic (exact) mass is 391 g/mol. The Morgan fingerprint density at radius 1 is 1.25 bits per heavy atom. The number of hydrogen-bond acceptors (Lipinski definition) is 5. The summed E-state index contributed by atoms with van der Waals surface area (Å²) in [5.41, 5.74) is 0.453. The molecule has 6 heteroatoms. The summed E-state index contributed by atoms with van der Waals surface area (Å²) in [5.74, 6) is 0.784. The predicted molar refractivity (Wildman–Crippen MR) is 109 cm³/mol. The lowest BCUT2D eigenvalue weighted by molar-refractivity contribution is -0.165. The van der Waals surface area contributed by atoms with Crippen molar-refractivity contribution < 1.29 is 23.7 Å². The number of likely N-dealkylation sites (N-methyl/N-ethyl adjacent to an activating group) is 1. The van der Waals surface area contributed by atoms with Crippen LogP contribution in [0.3, 0.4) is 0 Å². The van der Waals surface area contributed by atoms with Gasteiger partial charge in [0, 0.05) is 25.8 Å². The molecule has 28 heavy (non-hydrogen) atoms. The van der Waals surface area contributed by atoms with Crippen molar-refractivity contribution in [1.29, 1.82) is 0 Å². The molecule has 1 amide bonds. The molecule has 0 spiro atoms. The minimum Gasteiger partial charge on any atom is -0.491 e. The SMILES string of the molecule is CN(C/C=C/c1ccccc1OCCOC1CCCCO1)C(=O)OC(C)(C)C. The van der Waals surface area contributed by atoms with Crippen molar-refractivity contribution in [1.82, 2.24) is 4.90 Å². The molecule has 1 saturated heterocycles. The van der Waals surface area contributed by atoms with E-state index >= 15 is 0 Å². The fourth-order valence-electron chi connectivity index (χ4n) is 2.68. The Labute approximate surface area is 168 Å². The molecule has 0 aliphatic carbocycles. The molecule has 1 fully saturated rings. The number of para-hydroxylation sites is 1. The van der Waals surface area contributed by atoms with Gasteiger partial charge in [-0.05, 0) is 46.1 Å². The molecule has 0 saturated carbocycles. The minimum atomic E-state index is -0.500. The van der Waals surface area contributed by atoms with Crippen LogP contribution < -0.4 is 4.74 Å². The van der Waals surface area contributed by atoms with Gasteiger partial charge < -0.3 is 23.8 Å². The van der Waals surface area contributed by atoms with E-state index in [0.717, 1.165) is 37.2 Å². The van der Waals surface area contributed by atoms with E-state index in [0.29, 0.717) is 19.8 Å². The van der Waals surface area contributed by atoms with E-state index in [2.05, 4.69) is 0 Å². The summed E-state index contributed by atoms with van der Waals surface area (Å²) >= 11 is 0. The first kappa shape index (κ1) is 22.2. The number of ether oxygens (including phenoxy) is 4. The molecule has 0 aromatic heterocycles. The van der Waals surface area contributed by atoms with Crippen molar-refractivity contribution in [3.8, 4) is 5.75 Å². The van der Waals surface area contributed by atoms with Crippen molar-refractivity contribution in [2.45, 2.75) is 51.9 Å². The topological polar surface area (TPSA) is 57.2 Å².